The van der Waals surface area contributed by atoms with Crippen LogP contribution in [0.25, 0.3) is 16.7 Å². The quantitative estimate of drug-likeness (QED) is 0.553. The van der Waals surface area contributed by atoms with Crippen LogP contribution in [0.3, 0.4) is 0 Å². The molecule has 0 amide bonds. The van der Waals surface area contributed by atoms with E-state index in [0.717, 1.165) is 21.5 Å². The second kappa shape index (κ2) is 5.95. The highest BCUT2D eigenvalue weighted by Gasteiger charge is 2.14. The van der Waals surface area contributed by atoms with Gasteiger partial charge in [-0.1, -0.05) is 27.5 Å². The third kappa shape index (κ3) is 2.80. The minimum absolute atomic E-state index is 0.0817. The van der Waals surface area contributed by atoms with Gasteiger partial charge in [-0.3, -0.25) is 4.57 Å². The molecule has 0 aliphatic heterocycles. The van der Waals surface area contributed by atoms with Gasteiger partial charge in [-0.25, -0.2) is 9.37 Å². The molecule has 1 aromatic heterocycles. The van der Waals surface area contributed by atoms with Crippen LogP contribution in [0.2, 0.25) is 5.02 Å². The molecule has 3 aromatic rings. The summed E-state index contributed by atoms with van der Waals surface area (Å²) in [7, 11) is 0. The highest BCUT2D eigenvalue weighted by atomic mass is 79.9. The lowest BCUT2D eigenvalue weighted by Gasteiger charge is -2.09. The number of halogens is 4. The molecule has 0 fully saturated rings. The number of aryl methyl sites for hydroxylation is 1. The largest absolute Gasteiger partial charge is 0.296 e. The van der Waals surface area contributed by atoms with Gasteiger partial charge in [0.2, 0.25) is 0 Å². The van der Waals surface area contributed by atoms with Crippen LogP contribution in [0.5, 0.6) is 0 Å². The summed E-state index contributed by atoms with van der Waals surface area (Å²) >= 11 is 15.2. The molecule has 6 heteroatoms. The van der Waals surface area contributed by atoms with E-state index < -0.39 is 5.82 Å². The second-order valence-electron chi connectivity index (χ2n) is 4.53. The van der Waals surface area contributed by atoms with Crippen LogP contribution in [-0.4, -0.2) is 15.4 Å². The number of alkyl halides is 1. The number of nitrogens with zero attached hydrogens (tertiary/aromatic N) is 2. The Kier molecular flexibility index (Phi) is 4.20. The van der Waals surface area contributed by atoms with Crippen LogP contribution in [-0.2, 0) is 6.42 Å². The van der Waals surface area contributed by atoms with E-state index in [4.69, 9.17) is 23.2 Å². The summed E-state index contributed by atoms with van der Waals surface area (Å²) in [5, 5.41) is 0.0817. The molecule has 0 spiro atoms. The lowest BCUT2D eigenvalue weighted by molar-refractivity contribution is 0.630. The lowest BCUT2D eigenvalue weighted by atomic mass is 10.2. The topological polar surface area (TPSA) is 17.8 Å². The molecule has 21 heavy (non-hydrogen) atoms. The average Bonchev–Trinajstić information content (AvgIpc) is 2.78. The zero-order valence-corrected chi connectivity index (χ0v) is 13.9. The van der Waals surface area contributed by atoms with Gasteiger partial charge in [0.1, 0.15) is 11.6 Å². The van der Waals surface area contributed by atoms with E-state index in [9.17, 15) is 4.39 Å². The second-order valence-corrected chi connectivity index (χ2v) is 6.23. The summed E-state index contributed by atoms with van der Waals surface area (Å²) < 4.78 is 16.6. The van der Waals surface area contributed by atoms with Gasteiger partial charge in [0.25, 0.3) is 0 Å². The van der Waals surface area contributed by atoms with E-state index in [2.05, 4.69) is 20.9 Å². The Labute approximate surface area is 139 Å². The number of aromatic nitrogens is 2. The van der Waals surface area contributed by atoms with E-state index in [1.165, 1.54) is 6.07 Å². The van der Waals surface area contributed by atoms with E-state index >= 15 is 0 Å². The minimum Gasteiger partial charge on any atom is -0.296 e. The SMILES string of the molecule is Fc1cc2nc(CCCl)n(-c3ccc(Br)cc3)c2cc1Cl. The van der Waals surface area contributed by atoms with Crippen LogP contribution in [0.1, 0.15) is 5.82 Å². The number of benzene rings is 2. The van der Waals surface area contributed by atoms with Crippen molar-refractivity contribution in [1.82, 2.24) is 9.55 Å². The summed E-state index contributed by atoms with van der Waals surface area (Å²) in [4.78, 5) is 4.47. The minimum atomic E-state index is -0.470. The third-order valence-electron chi connectivity index (χ3n) is 3.17. The van der Waals surface area contributed by atoms with Crippen molar-refractivity contribution < 1.29 is 4.39 Å². The van der Waals surface area contributed by atoms with Gasteiger partial charge in [-0.05, 0) is 30.3 Å². The predicted octanol–water partition coefficient (Wildman–Crippen LogP) is 5.36. The summed E-state index contributed by atoms with van der Waals surface area (Å²) in [5.74, 6) is 0.752. The lowest BCUT2D eigenvalue weighted by Crippen LogP contribution is -2.02. The van der Waals surface area contributed by atoms with Crippen LogP contribution in [0, 0.1) is 5.82 Å². The van der Waals surface area contributed by atoms with Gasteiger partial charge in [-0.2, -0.15) is 0 Å². The van der Waals surface area contributed by atoms with Crippen molar-refractivity contribution in [1.29, 1.82) is 0 Å². The normalized spacial score (nSPS) is 11.2. The third-order valence-corrected chi connectivity index (χ3v) is 4.18. The maximum Gasteiger partial charge on any atom is 0.144 e. The summed E-state index contributed by atoms with van der Waals surface area (Å²) in [6.07, 6.45) is 0.589. The molecule has 0 aliphatic rings. The molecule has 0 bridgehead atoms. The van der Waals surface area contributed by atoms with E-state index in [0.29, 0.717) is 17.8 Å². The van der Waals surface area contributed by atoms with Crippen molar-refractivity contribution in [2.24, 2.45) is 0 Å². The number of fused-ring (bicyclic) bond motifs is 1. The Bertz CT molecular complexity index is 800. The average molecular weight is 388 g/mol. The summed E-state index contributed by atoms with van der Waals surface area (Å²) in [6.45, 7) is 0. The van der Waals surface area contributed by atoms with Crippen LogP contribution < -0.4 is 0 Å². The summed E-state index contributed by atoms with van der Waals surface area (Å²) in [5.41, 5.74) is 2.27. The zero-order chi connectivity index (χ0) is 15.0. The van der Waals surface area contributed by atoms with E-state index in [1.807, 2.05) is 28.8 Å². The fraction of sp³-hybridized carbons (Fsp3) is 0.133. The molecular formula is C15H10BrCl2FN2. The Morgan fingerprint density at radius 3 is 2.57 bits per heavy atom. The number of hydrogen-bond donors (Lipinski definition) is 0. The Hall–Kier alpha value is -1.10. The number of imidazole rings is 1. The first-order valence-corrected chi connectivity index (χ1v) is 7.99. The van der Waals surface area contributed by atoms with Gasteiger partial charge in [0, 0.05) is 28.5 Å². The van der Waals surface area contributed by atoms with Gasteiger partial charge in [-0.15, -0.1) is 11.6 Å². The molecule has 2 aromatic carbocycles. The van der Waals surface area contributed by atoms with Crippen molar-refractivity contribution in [3.63, 3.8) is 0 Å². The van der Waals surface area contributed by atoms with Crippen LogP contribution in [0.4, 0.5) is 4.39 Å². The van der Waals surface area contributed by atoms with Crippen molar-refractivity contribution in [3.8, 4) is 5.69 Å². The van der Waals surface area contributed by atoms with E-state index in [-0.39, 0.29) is 5.02 Å². The van der Waals surface area contributed by atoms with Crippen molar-refractivity contribution in [2.45, 2.75) is 6.42 Å². The molecule has 0 N–H and O–H groups in total. The van der Waals surface area contributed by atoms with Crippen molar-refractivity contribution in [3.05, 3.63) is 57.5 Å². The van der Waals surface area contributed by atoms with Crippen molar-refractivity contribution >= 4 is 50.2 Å². The molecule has 2 nitrogen and oxygen atoms in total. The van der Waals surface area contributed by atoms with Gasteiger partial charge < -0.3 is 0 Å². The molecule has 0 unspecified atom stereocenters. The maximum atomic E-state index is 13.6. The van der Waals surface area contributed by atoms with Crippen LogP contribution in [0.15, 0.2) is 40.9 Å². The molecule has 0 atom stereocenters. The fourth-order valence-electron chi connectivity index (χ4n) is 2.25. The first-order valence-electron chi connectivity index (χ1n) is 6.28. The zero-order valence-electron chi connectivity index (χ0n) is 10.8. The Morgan fingerprint density at radius 2 is 1.90 bits per heavy atom. The molecular weight excluding hydrogens is 378 g/mol. The number of hydrogen-bond acceptors (Lipinski definition) is 1. The molecule has 0 radical (unpaired) electrons. The van der Waals surface area contributed by atoms with Crippen LogP contribution >= 0.6 is 39.1 Å². The molecule has 0 saturated carbocycles. The molecule has 3 rings (SSSR count). The highest BCUT2D eigenvalue weighted by molar-refractivity contribution is 9.10. The smallest absolute Gasteiger partial charge is 0.144 e. The first kappa shape index (κ1) is 14.8. The van der Waals surface area contributed by atoms with Crippen molar-refractivity contribution in [2.75, 3.05) is 5.88 Å². The number of rotatable bonds is 3. The summed E-state index contributed by atoms with van der Waals surface area (Å²) in [6, 6.07) is 10.7. The van der Waals surface area contributed by atoms with Gasteiger partial charge in [0.15, 0.2) is 0 Å². The van der Waals surface area contributed by atoms with Gasteiger partial charge >= 0.3 is 0 Å². The monoisotopic (exact) mass is 386 g/mol. The van der Waals surface area contributed by atoms with Gasteiger partial charge in [0.05, 0.1) is 16.1 Å². The molecule has 0 saturated heterocycles. The highest BCUT2D eigenvalue weighted by Crippen LogP contribution is 2.27. The molecule has 0 aliphatic carbocycles. The van der Waals surface area contributed by atoms with E-state index in [1.54, 1.807) is 6.07 Å². The maximum absolute atomic E-state index is 13.6. The standard InChI is InChI=1S/C15H10BrCl2FN2/c16-9-1-3-10(4-2-9)21-14-7-11(18)12(19)8-13(14)20-15(21)5-6-17/h1-4,7-8H,5-6H2. The Balaban J connectivity index is 2.29. The fourth-order valence-corrected chi connectivity index (χ4v) is 2.84. The first-order chi connectivity index (χ1) is 10.1. The predicted molar refractivity (Wildman–Crippen MR) is 88.2 cm³/mol. The molecule has 1 heterocycles. The molecule has 108 valence electrons. The Morgan fingerprint density at radius 1 is 1.19 bits per heavy atom.